The summed E-state index contributed by atoms with van der Waals surface area (Å²) < 4.78 is 25.9. The lowest BCUT2D eigenvalue weighted by molar-refractivity contribution is -0.568. The Kier molecular flexibility index (Phi) is 9.48. The van der Waals surface area contributed by atoms with E-state index < -0.39 is 17.5 Å². The molecule has 0 radical (unpaired) electrons. The molecule has 11 nitrogen and oxygen atoms in total. The average molecular weight is 483 g/mol. The number of rotatable bonds is 9. The molecule has 1 aromatic heterocycles. The second-order valence-electron chi connectivity index (χ2n) is 7.88. The number of alkyl carbamates (subject to hydrolysis) is 1. The van der Waals surface area contributed by atoms with E-state index in [9.17, 15) is 14.0 Å². The van der Waals surface area contributed by atoms with Crippen LogP contribution in [0.25, 0.3) is 5.69 Å². The Hall–Kier alpha value is -3.32. The van der Waals surface area contributed by atoms with Crippen molar-refractivity contribution in [3.05, 3.63) is 35.9 Å². The molecule has 0 aliphatic carbocycles. The quantitative estimate of drug-likeness (QED) is 0.299. The Morgan fingerprint density at radius 2 is 2.00 bits per heavy atom. The van der Waals surface area contributed by atoms with E-state index in [4.69, 9.17) is 21.7 Å². The molecular formula is C20H29FN7O4S+. The smallest absolute Gasteiger partial charge is 0.408 e. The van der Waals surface area contributed by atoms with Gasteiger partial charge in [-0.05, 0) is 32.9 Å². The van der Waals surface area contributed by atoms with Crippen LogP contribution in [0.3, 0.4) is 0 Å². The lowest BCUT2D eigenvalue weighted by atomic mass is 10.2. The highest BCUT2D eigenvalue weighted by Crippen LogP contribution is 2.17. The number of nitrogens with one attached hydrogen (secondary N) is 3. The minimum absolute atomic E-state index is 0.215. The molecule has 2 amide bonds. The van der Waals surface area contributed by atoms with Crippen LogP contribution in [-0.4, -0.2) is 64.5 Å². The first-order chi connectivity index (χ1) is 15.6. The van der Waals surface area contributed by atoms with E-state index >= 15 is 0 Å². The first-order valence-electron chi connectivity index (χ1n) is 10.2. The van der Waals surface area contributed by atoms with Gasteiger partial charge in [0.1, 0.15) is 23.7 Å². The fraction of sp³-hybridized carbons (Fsp3) is 0.450. The van der Waals surface area contributed by atoms with Gasteiger partial charge in [0, 0.05) is 31.4 Å². The standard InChI is InChI=1S/C20H28FN7O4S/c1-20(2,3)32-18(30)24-11-17(29)23-8-7-22-16-6-5-14(9-15(16)21)28-12-13(26-27-28)10-25-19(33)31-4/h5-6,9,12,22H,7-8,10-11H2,1-4H3,(H,23,29)(H,24,30)(H,25,33)/p+1. The highest BCUT2D eigenvalue weighted by Gasteiger charge is 2.16. The van der Waals surface area contributed by atoms with Gasteiger partial charge in [0.2, 0.25) is 5.91 Å². The Morgan fingerprint density at radius 3 is 2.67 bits per heavy atom. The summed E-state index contributed by atoms with van der Waals surface area (Å²) in [5.41, 5.74) is 0.803. The van der Waals surface area contributed by atoms with E-state index in [1.165, 1.54) is 17.9 Å². The van der Waals surface area contributed by atoms with Crippen LogP contribution in [0.1, 0.15) is 26.5 Å². The van der Waals surface area contributed by atoms with Crippen molar-refractivity contribution in [1.29, 1.82) is 0 Å². The molecule has 0 fully saturated rings. The predicted octanol–water partition coefficient (Wildman–Crippen LogP) is 0.454. The lowest BCUT2D eigenvalue weighted by Crippen LogP contribution is -2.86. The molecule has 2 aromatic rings. The maximum absolute atomic E-state index is 14.5. The highest BCUT2D eigenvalue weighted by molar-refractivity contribution is 7.79. The van der Waals surface area contributed by atoms with Crippen LogP contribution in [0.2, 0.25) is 0 Å². The molecule has 0 bridgehead atoms. The molecule has 13 heteroatoms. The topological polar surface area (TPSA) is 136 Å². The van der Waals surface area contributed by atoms with Gasteiger partial charge in [-0.25, -0.2) is 13.9 Å². The summed E-state index contributed by atoms with van der Waals surface area (Å²) in [6, 6.07) is 4.59. The normalized spacial score (nSPS) is 10.9. The number of carbonyl (C=O) groups excluding carboxylic acids is 2. The van der Waals surface area contributed by atoms with E-state index in [1.807, 2.05) is 0 Å². The zero-order valence-corrected chi connectivity index (χ0v) is 19.8. The number of benzene rings is 1. The molecule has 0 aliphatic rings. The lowest BCUT2D eigenvalue weighted by Gasteiger charge is -2.19. The molecule has 0 unspecified atom stereocenters. The van der Waals surface area contributed by atoms with Crippen LogP contribution < -0.4 is 21.3 Å². The number of amides is 2. The van der Waals surface area contributed by atoms with Gasteiger partial charge in [-0.1, -0.05) is 5.21 Å². The monoisotopic (exact) mass is 482 g/mol. The number of methoxy groups -OCH3 is 1. The summed E-state index contributed by atoms with van der Waals surface area (Å²) in [6.45, 7) is 5.95. The number of aromatic nitrogens is 3. The number of quaternary nitrogens is 1. The first-order valence-corrected chi connectivity index (χ1v) is 10.6. The van der Waals surface area contributed by atoms with Gasteiger partial charge in [-0.2, -0.15) is 0 Å². The van der Waals surface area contributed by atoms with Crippen LogP contribution in [0.5, 0.6) is 0 Å². The number of anilines is 1. The Morgan fingerprint density at radius 1 is 1.24 bits per heavy atom. The molecular weight excluding hydrogens is 453 g/mol. The number of thiocarbonyl (C=S) groups is 1. The van der Waals surface area contributed by atoms with Crippen LogP contribution in [0.15, 0.2) is 24.4 Å². The second-order valence-corrected chi connectivity index (χ2v) is 8.28. The first kappa shape index (κ1) is 25.9. The van der Waals surface area contributed by atoms with Crippen molar-refractivity contribution in [1.82, 2.24) is 25.6 Å². The fourth-order valence-corrected chi connectivity index (χ4v) is 2.59. The van der Waals surface area contributed by atoms with E-state index in [0.29, 0.717) is 23.1 Å². The van der Waals surface area contributed by atoms with Crippen LogP contribution >= 0.6 is 12.2 Å². The van der Waals surface area contributed by atoms with Gasteiger partial charge in [0.15, 0.2) is 0 Å². The van der Waals surface area contributed by atoms with E-state index in [1.54, 1.807) is 44.4 Å². The van der Waals surface area contributed by atoms with Gasteiger partial charge in [0.25, 0.3) is 0 Å². The number of nitrogens with zero attached hydrogens (tertiary/aromatic N) is 3. The SMILES string of the molecule is COC(=S)[NH2+]Cc1cn(-c2ccc(NCCNC(=O)CNC(=O)OC(C)(C)C)c(F)c2)nn1. The highest BCUT2D eigenvalue weighted by atomic mass is 32.1. The molecule has 0 aliphatic heterocycles. The molecule has 0 saturated carbocycles. The van der Waals surface area contributed by atoms with Crippen molar-refractivity contribution in [3.8, 4) is 5.69 Å². The Balaban J connectivity index is 1.76. The third kappa shape index (κ3) is 9.37. The van der Waals surface area contributed by atoms with E-state index in [0.717, 1.165) is 0 Å². The van der Waals surface area contributed by atoms with Crippen molar-refractivity contribution in [3.63, 3.8) is 0 Å². The average Bonchev–Trinajstić information content (AvgIpc) is 3.22. The summed E-state index contributed by atoms with van der Waals surface area (Å²) in [6.07, 6.45) is 1.01. The molecule has 0 spiro atoms. The summed E-state index contributed by atoms with van der Waals surface area (Å²) in [4.78, 5) is 23.3. The number of hydrogen-bond donors (Lipinski definition) is 4. The Bertz CT molecular complexity index is 978. The van der Waals surface area contributed by atoms with Crippen molar-refractivity contribution in [2.75, 3.05) is 32.1 Å². The number of nitrogens with two attached hydrogens (primary N) is 1. The number of ether oxygens (including phenoxy) is 2. The van der Waals surface area contributed by atoms with Crippen molar-refractivity contribution < 1.29 is 28.8 Å². The van der Waals surface area contributed by atoms with Gasteiger partial charge < -0.3 is 25.4 Å². The molecule has 0 saturated heterocycles. The molecule has 5 N–H and O–H groups in total. The van der Waals surface area contributed by atoms with Crippen LogP contribution in [0.4, 0.5) is 14.9 Å². The fourth-order valence-electron chi connectivity index (χ4n) is 2.51. The molecule has 180 valence electrons. The van der Waals surface area contributed by atoms with Crippen LogP contribution in [-0.2, 0) is 20.8 Å². The molecule has 0 atom stereocenters. The van der Waals surface area contributed by atoms with E-state index in [-0.39, 0.29) is 31.2 Å². The van der Waals surface area contributed by atoms with Gasteiger partial charge in [-0.15, -0.1) is 5.10 Å². The molecule has 2 rings (SSSR count). The maximum atomic E-state index is 14.5. The summed E-state index contributed by atoms with van der Waals surface area (Å²) >= 11 is 4.95. The number of carbonyl (C=O) groups is 2. The van der Waals surface area contributed by atoms with Gasteiger partial charge >= 0.3 is 11.3 Å². The third-order valence-corrected chi connectivity index (χ3v) is 4.33. The second kappa shape index (κ2) is 12.1. The van der Waals surface area contributed by atoms with Crippen LogP contribution in [0, 0.1) is 5.82 Å². The summed E-state index contributed by atoms with van der Waals surface area (Å²) in [5, 5.41) is 18.0. The summed E-state index contributed by atoms with van der Waals surface area (Å²) in [5.74, 6) is -0.862. The zero-order valence-electron chi connectivity index (χ0n) is 19.0. The Labute approximate surface area is 196 Å². The van der Waals surface area contributed by atoms with Crippen molar-refractivity contribution >= 4 is 35.1 Å². The molecule has 33 heavy (non-hydrogen) atoms. The number of halogens is 1. The minimum atomic E-state index is -0.672. The predicted molar refractivity (Wildman–Crippen MR) is 122 cm³/mol. The number of hydrogen-bond acceptors (Lipinski definition) is 8. The zero-order chi connectivity index (χ0) is 24.4. The van der Waals surface area contributed by atoms with Crippen molar-refractivity contribution in [2.45, 2.75) is 32.9 Å². The van der Waals surface area contributed by atoms with Crippen molar-refractivity contribution in [2.24, 2.45) is 0 Å². The molecule has 1 aromatic carbocycles. The molecule has 1 heterocycles. The summed E-state index contributed by atoms with van der Waals surface area (Å²) in [7, 11) is 1.49. The maximum Gasteiger partial charge on any atom is 0.408 e. The van der Waals surface area contributed by atoms with E-state index in [2.05, 4.69) is 26.3 Å². The van der Waals surface area contributed by atoms with Gasteiger partial charge in [0.05, 0.1) is 31.2 Å². The minimum Gasteiger partial charge on any atom is -0.447 e. The van der Waals surface area contributed by atoms with Gasteiger partial charge in [-0.3, -0.25) is 10.1 Å². The largest absolute Gasteiger partial charge is 0.447 e. The third-order valence-electron chi connectivity index (χ3n) is 3.99.